The maximum absolute atomic E-state index is 12.1. The van der Waals surface area contributed by atoms with Gasteiger partial charge in [-0.2, -0.15) is 0 Å². The van der Waals surface area contributed by atoms with E-state index < -0.39 is 16.4 Å². The minimum atomic E-state index is -0.642. The van der Waals surface area contributed by atoms with Crippen LogP contribution in [0.5, 0.6) is 0 Å². The van der Waals surface area contributed by atoms with Crippen molar-refractivity contribution >= 4 is 40.2 Å². The lowest BCUT2D eigenvalue weighted by Crippen LogP contribution is -2.26. The molecule has 142 valence electrons. The zero-order valence-corrected chi connectivity index (χ0v) is 15.1. The smallest absolute Gasteiger partial charge is 0.285 e. The van der Waals surface area contributed by atoms with Gasteiger partial charge in [-0.1, -0.05) is 6.07 Å². The highest BCUT2D eigenvalue weighted by atomic mass is 32.1. The van der Waals surface area contributed by atoms with Crippen LogP contribution in [-0.4, -0.2) is 21.3 Å². The van der Waals surface area contributed by atoms with Gasteiger partial charge in [0.1, 0.15) is 6.54 Å². The number of carbonyl (C=O) groups excluding carboxylic acids is 2. The lowest BCUT2D eigenvalue weighted by atomic mass is 10.2. The van der Waals surface area contributed by atoms with E-state index in [1.807, 2.05) is 0 Å². The number of nitrogens with one attached hydrogen (secondary N) is 2. The maximum atomic E-state index is 12.1. The lowest BCUT2D eigenvalue weighted by Gasteiger charge is -2.09. The number of hydrogen-bond donors (Lipinski definition) is 2. The minimum absolute atomic E-state index is 0.225. The van der Waals surface area contributed by atoms with Crippen molar-refractivity contribution in [3.05, 3.63) is 85.5 Å². The van der Waals surface area contributed by atoms with E-state index >= 15 is 0 Å². The Hall–Kier alpha value is -3.79. The predicted octanol–water partition coefficient (Wildman–Crippen LogP) is 2.71. The van der Waals surface area contributed by atoms with Crippen molar-refractivity contribution < 1.29 is 14.5 Å². The van der Waals surface area contributed by atoms with E-state index in [9.17, 15) is 24.5 Å². The first-order valence-electron chi connectivity index (χ1n) is 8.02. The van der Waals surface area contributed by atoms with Gasteiger partial charge >= 0.3 is 0 Å². The van der Waals surface area contributed by atoms with Gasteiger partial charge in [0.05, 0.1) is 16.0 Å². The van der Waals surface area contributed by atoms with E-state index in [-0.39, 0.29) is 18.1 Å². The summed E-state index contributed by atoms with van der Waals surface area (Å²) >= 11 is 1.33. The molecule has 0 unspecified atom stereocenters. The molecule has 1 aromatic carbocycles. The van der Waals surface area contributed by atoms with Gasteiger partial charge in [0, 0.05) is 23.5 Å². The molecule has 3 aromatic rings. The highest BCUT2D eigenvalue weighted by molar-refractivity contribution is 7.12. The van der Waals surface area contributed by atoms with Crippen LogP contribution in [0.25, 0.3) is 0 Å². The monoisotopic (exact) mass is 398 g/mol. The average molecular weight is 398 g/mol. The first kappa shape index (κ1) is 19.0. The number of aromatic nitrogens is 1. The Morgan fingerprint density at radius 3 is 2.32 bits per heavy atom. The summed E-state index contributed by atoms with van der Waals surface area (Å²) in [6.07, 6.45) is 1.02. The van der Waals surface area contributed by atoms with E-state index in [0.717, 1.165) is 22.9 Å². The summed E-state index contributed by atoms with van der Waals surface area (Å²) in [5.41, 5.74) is 0.217. The van der Waals surface area contributed by atoms with Crippen molar-refractivity contribution in [1.82, 2.24) is 4.57 Å². The first-order valence-corrected chi connectivity index (χ1v) is 8.90. The van der Waals surface area contributed by atoms with Crippen molar-refractivity contribution in [3.63, 3.8) is 0 Å². The molecule has 0 atom stereocenters. The van der Waals surface area contributed by atoms with Crippen molar-refractivity contribution in [2.75, 3.05) is 10.6 Å². The average Bonchev–Trinajstić information content (AvgIpc) is 3.20. The number of thiophene rings is 1. The topological polar surface area (TPSA) is 123 Å². The Morgan fingerprint density at radius 1 is 1.04 bits per heavy atom. The molecule has 9 nitrogen and oxygen atoms in total. The molecule has 0 spiro atoms. The summed E-state index contributed by atoms with van der Waals surface area (Å²) in [6.45, 7) is -0.364. The largest absolute Gasteiger partial charge is 0.325 e. The standard InChI is InChI=1S/C18H14N4O5S/c23-16(11-21-10-14(22(26)27)7-8-17(21)24)19-12-3-5-13(6-4-12)20-18(25)15-2-1-9-28-15/h1-10H,11H2,(H,19,23)(H,20,25). The highest BCUT2D eigenvalue weighted by Crippen LogP contribution is 2.16. The molecule has 0 radical (unpaired) electrons. The number of nitrogens with zero attached hydrogens (tertiary/aromatic N) is 2. The van der Waals surface area contributed by atoms with Crippen molar-refractivity contribution in [2.24, 2.45) is 0 Å². The summed E-state index contributed by atoms with van der Waals surface area (Å²) in [5.74, 6) is -0.741. The number of rotatable bonds is 6. The Bertz CT molecular complexity index is 1070. The molecule has 10 heteroatoms. The zero-order chi connectivity index (χ0) is 20.1. The molecule has 28 heavy (non-hydrogen) atoms. The molecule has 2 heterocycles. The summed E-state index contributed by atoms with van der Waals surface area (Å²) < 4.78 is 0.961. The van der Waals surface area contributed by atoms with E-state index in [0.29, 0.717) is 16.3 Å². The molecule has 0 aliphatic carbocycles. The van der Waals surface area contributed by atoms with E-state index in [2.05, 4.69) is 10.6 Å². The second-order valence-corrected chi connectivity index (χ2v) is 6.62. The third-order valence-corrected chi connectivity index (χ3v) is 4.53. The molecule has 2 N–H and O–H groups in total. The second kappa shape index (κ2) is 8.27. The Labute approximate surface area is 162 Å². The highest BCUT2D eigenvalue weighted by Gasteiger charge is 2.11. The van der Waals surface area contributed by atoms with Crippen LogP contribution in [0.4, 0.5) is 17.1 Å². The van der Waals surface area contributed by atoms with Crippen molar-refractivity contribution in [3.8, 4) is 0 Å². The van der Waals surface area contributed by atoms with Gasteiger partial charge in [-0.3, -0.25) is 29.1 Å². The summed E-state index contributed by atoms with van der Waals surface area (Å²) in [6, 6.07) is 12.1. The van der Waals surface area contributed by atoms with Crippen LogP contribution >= 0.6 is 11.3 Å². The third kappa shape index (κ3) is 4.68. The van der Waals surface area contributed by atoms with Crippen LogP contribution in [0.1, 0.15) is 9.67 Å². The van der Waals surface area contributed by atoms with Gasteiger partial charge in [-0.25, -0.2) is 0 Å². The number of carbonyl (C=O) groups is 2. The summed E-state index contributed by atoms with van der Waals surface area (Å²) in [7, 11) is 0. The fraction of sp³-hybridized carbons (Fsp3) is 0.0556. The molecule has 2 aromatic heterocycles. The van der Waals surface area contributed by atoms with E-state index in [1.165, 1.54) is 11.3 Å². The second-order valence-electron chi connectivity index (χ2n) is 5.67. The first-order chi connectivity index (χ1) is 13.4. The van der Waals surface area contributed by atoms with E-state index in [1.54, 1.807) is 41.8 Å². The molecular formula is C18H14N4O5S. The normalized spacial score (nSPS) is 10.3. The zero-order valence-electron chi connectivity index (χ0n) is 14.3. The predicted molar refractivity (Wildman–Crippen MR) is 105 cm³/mol. The van der Waals surface area contributed by atoms with E-state index in [4.69, 9.17) is 0 Å². The molecule has 0 aliphatic heterocycles. The Kier molecular flexibility index (Phi) is 5.61. The van der Waals surface area contributed by atoms with Gasteiger partial charge in [0.2, 0.25) is 5.91 Å². The number of benzene rings is 1. The van der Waals surface area contributed by atoms with Gasteiger partial charge in [0.15, 0.2) is 0 Å². The molecule has 2 amide bonds. The van der Waals surface area contributed by atoms with Crippen LogP contribution < -0.4 is 16.2 Å². The van der Waals surface area contributed by atoms with Gasteiger partial charge in [-0.15, -0.1) is 11.3 Å². The summed E-state index contributed by atoms with van der Waals surface area (Å²) in [4.78, 5) is 46.6. The third-order valence-electron chi connectivity index (χ3n) is 3.66. The van der Waals surface area contributed by atoms with Crippen LogP contribution in [0.2, 0.25) is 0 Å². The molecule has 3 rings (SSSR count). The number of amides is 2. The van der Waals surface area contributed by atoms with Crippen molar-refractivity contribution in [1.29, 1.82) is 0 Å². The molecule has 0 bridgehead atoms. The lowest BCUT2D eigenvalue weighted by molar-refractivity contribution is -0.385. The van der Waals surface area contributed by atoms with Gasteiger partial charge in [0.25, 0.3) is 17.2 Å². The number of anilines is 2. The quantitative estimate of drug-likeness (QED) is 0.488. The van der Waals surface area contributed by atoms with Gasteiger partial charge < -0.3 is 10.6 Å². The minimum Gasteiger partial charge on any atom is -0.325 e. The van der Waals surface area contributed by atoms with Crippen LogP contribution in [0.15, 0.2) is 64.9 Å². The number of hydrogen-bond acceptors (Lipinski definition) is 6. The number of pyridine rings is 1. The van der Waals surface area contributed by atoms with Crippen molar-refractivity contribution in [2.45, 2.75) is 6.54 Å². The number of nitro groups is 1. The fourth-order valence-corrected chi connectivity index (χ4v) is 2.96. The maximum Gasteiger partial charge on any atom is 0.285 e. The van der Waals surface area contributed by atoms with Gasteiger partial charge in [-0.05, 0) is 35.7 Å². The summed E-state index contributed by atoms with van der Waals surface area (Å²) in [5, 5.41) is 17.9. The van der Waals surface area contributed by atoms with Crippen LogP contribution in [0.3, 0.4) is 0 Å². The molecular weight excluding hydrogens is 384 g/mol. The Balaban J connectivity index is 1.62. The molecule has 0 saturated heterocycles. The van der Waals surface area contributed by atoms with Crippen LogP contribution in [-0.2, 0) is 11.3 Å². The molecule has 0 fully saturated rings. The fourth-order valence-electron chi connectivity index (χ4n) is 2.34. The molecule has 0 aliphatic rings. The SMILES string of the molecule is O=C(Cn1cc([N+](=O)[O-])ccc1=O)Nc1ccc(NC(=O)c2cccs2)cc1. The Morgan fingerprint density at radius 2 is 1.71 bits per heavy atom. The van der Waals surface area contributed by atoms with Crippen LogP contribution in [0, 0.1) is 10.1 Å². The molecule has 0 saturated carbocycles.